The summed E-state index contributed by atoms with van der Waals surface area (Å²) in [6, 6.07) is 0. The SMILES string of the molecule is C=CC(=O)N1CN(C(=O)C=C)C(NC(=O)CS(=O)(=O)C=C)(NC(=O)CS(=O)(=O)C=C)N(C(=O)C=C)C1. The summed E-state index contributed by atoms with van der Waals surface area (Å²) in [7, 11) is -8.33. The number of sulfone groups is 2. The van der Waals surface area contributed by atoms with E-state index in [-0.39, 0.29) is 0 Å². The zero-order valence-electron chi connectivity index (χ0n) is 19.1. The van der Waals surface area contributed by atoms with Crippen molar-refractivity contribution in [1.82, 2.24) is 25.3 Å². The maximum absolute atomic E-state index is 12.9. The second-order valence-corrected chi connectivity index (χ2v) is 10.9. The smallest absolute Gasteiger partial charge is 0.285 e. The Hall–Kier alpha value is -4.05. The Labute approximate surface area is 208 Å². The molecule has 1 fully saturated rings. The summed E-state index contributed by atoms with van der Waals surface area (Å²) in [5, 5.41) is 5.17. The number of nitrogens with zero attached hydrogens (tertiary/aromatic N) is 3. The molecule has 1 saturated heterocycles. The molecule has 0 aromatic carbocycles. The molecular formula is C20H25N5O9S2. The van der Waals surface area contributed by atoms with Gasteiger partial charge in [0.15, 0.2) is 19.7 Å². The largest absolute Gasteiger partial charge is 0.303 e. The molecule has 5 amide bonds. The van der Waals surface area contributed by atoms with Crippen LogP contribution in [0.5, 0.6) is 0 Å². The van der Waals surface area contributed by atoms with E-state index in [2.05, 4.69) is 43.5 Å². The van der Waals surface area contributed by atoms with Crippen molar-refractivity contribution in [3.63, 3.8) is 0 Å². The molecule has 0 aromatic heterocycles. The van der Waals surface area contributed by atoms with Gasteiger partial charge in [-0.1, -0.05) is 32.9 Å². The third kappa shape index (κ3) is 6.98. The molecule has 0 saturated carbocycles. The first-order chi connectivity index (χ1) is 16.6. The third-order valence-electron chi connectivity index (χ3n) is 4.57. The highest BCUT2D eigenvalue weighted by atomic mass is 32.2. The normalized spacial score (nSPS) is 15.2. The van der Waals surface area contributed by atoms with Crippen LogP contribution in [0.3, 0.4) is 0 Å². The van der Waals surface area contributed by atoms with Crippen LogP contribution in [0.15, 0.2) is 61.9 Å². The first kappa shape index (κ1) is 30.0. The number of hydrogen-bond donors (Lipinski definition) is 2. The van der Waals surface area contributed by atoms with Crippen LogP contribution in [0, 0.1) is 0 Å². The lowest BCUT2D eigenvalue weighted by Gasteiger charge is -2.55. The Morgan fingerprint density at radius 2 is 1.00 bits per heavy atom. The number of carbonyl (C=O) groups is 5. The Bertz CT molecular complexity index is 1150. The fourth-order valence-electron chi connectivity index (χ4n) is 2.93. The van der Waals surface area contributed by atoms with Gasteiger partial charge >= 0.3 is 0 Å². The minimum absolute atomic E-state index is 0.485. The number of rotatable bonds is 11. The van der Waals surface area contributed by atoms with Gasteiger partial charge in [0, 0.05) is 10.8 Å². The molecule has 0 spiro atoms. The van der Waals surface area contributed by atoms with Crippen LogP contribution in [0.1, 0.15) is 0 Å². The molecule has 2 N–H and O–H groups in total. The van der Waals surface area contributed by atoms with Crippen LogP contribution in [0.2, 0.25) is 0 Å². The lowest BCUT2D eigenvalue weighted by atomic mass is 10.2. The van der Waals surface area contributed by atoms with Crippen molar-refractivity contribution < 1.29 is 40.8 Å². The minimum Gasteiger partial charge on any atom is -0.303 e. The van der Waals surface area contributed by atoms with E-state index in [0.29, 0.717) is 32.8 Å². The molecule has 0 aliphatic carbocycles. The second-order valence-electron chi connectivity index (χ2n) is 7.02. The Balaban J connectivity index is 3.85. The van der Waals surface area contributed by atoms with Gasteiger partial charge in [0.25, 0.3) is 17.7 Å². The summed E-state index contributed by atoms with van der Waals surface area (Å²) in [5.74, 6) is -10.7. The zero-order chi connectivity index (χ0) is 27.9. The lowest BCUT2D eigenvalue weighted by Crippen LogP contribution is -2.84. The number of nitrogens with one attached hydrogen (secondary N) is 2. The molecule has 1 rings (SSSR count). The molecule has 1 aliphatic heterocycles. The first-order valence-electron chi connectivity index (χ1n) is 9.73. The lowest BCUT2D eigenvalue weighted by molar-refractivity contribution is -0.197. The van der Waals surface area contributed by atoms with E-state index in [9.17, 15) is 40.8 Å². The average molecular weight is 544 g/mol. The quantitative estimate of drug-likeness (QED) is 0.218. The fourth-order valence-corrected chi connectivity index (χ4v) is 4.04. The first-order valence-corrected chi connectivity index (χ1v) is 13.2. The molecule has 16 heteroatoms. The van der Waals surface area contributed by atoms with E-state index in [1.165, 1.54) is 0 Å². The van der Waals surface area contributed by atoms with Crippen LogP contribution >= 0.6 is 0 Å². The van der Waals surface area contributed by atoms with Crippen molar-refractivity contribution in [1.29, 1.82) is 0 Å². The number of carbonyl (C=O) groups excluding carboxylic acids is 5. The summed E-state index contributed by atoms with van der Waals surface area (Å²) in [4.78, 5) is 65.6. The molecule has 1 aliphatic rings. The second kappa shape index (κ2) is 11.6. The maximum Gasteiger partial charge on any atom is 0.285 e. The van der Waals surface area contributed by atoms with Gasteiger partial charge in [0.2, 0.25) is 17.7 Å². The van der Waals surface area contributed by atoms with E-state index in [1.54, 1.807) is 0 Å². The Morgan fingerprint density at radius 1 is 0.667 bits per heavy atom. The highest BCUT2D eigenvalue weighted by Crippen LogP contribution is 2.24. The van der Waals surface area contributed by atoms with Crippen LogP contribution in [-0.4, -0.2) is 91.8 Å². The van der Waals surface area contributed by atoms with Crippen LogP contribution in [-0.2, 0) is 43.6 Å². The monoisotopic (exact) mass is 543 g/mol. The molecule has 196 valence electrons. The standard InChI is InChI=1S/C20H25N5O9S2/c1-6-17(28)23-13-24(18(29)7-2)20(25(14-23)19(30)8-3,21-15(26)11-35(31,32)9-4)22-16(27)12-36(33,34)10-5/h6-10H,1-5,11-14H2,(H,21,26)(H,22,27). The van der Waals surface area contributed by atoms with E-state index in [1.807, 2.05) is 0 Å². The predicted octanol–water partition coefficient (Wildman–Crippen LogP) is -2.08. The molecule has 0 unspecified atom stereocenters. The van der Waals surface area contributed by atoms with Crippen molar-refractivity contribution in [2.24, 2.45) is 0 Å². The molecular weight excluding hydrogens is 518 g/mol. The zero-order valence-corrected chi connectivity index (χ0v) is 20.7. The third-order valence-corrected chi connectivity index (χ3v) is 6.92. The highest BCUT2D eigenvalue weighted by Gasteiger charge is 2.54. The average Bonchev–Trinajstić information content (AvgIpc) is 2.81. The molecule has 0 radical (unpaired) electrons. The fraction of sp³-hybridized carbons (Fsp3) is 0.250. The van der Waals surface area contributed by atoms with Crippen LogP contribution in [0.4, 0.5) is 0 Å². The summed E-state index contributed by atoms with van der Waals surface area (Å²) < 4.78 is 47.7. The van der Waals surface area contributed by atoms with Crippen molar-refractivity contribution >= 4 is 49.2 Å². The summed E-state index contributed by atoms with van der Waals surface area (Å²) in [6.07, 6.45) is 2.30. The Morgan fingerprint density at radius 3 is 1.28 bits per heavy atom. The van der Waals surface area contributed by atoms with E-state index >= 15 is 0 Å². The summed E-state index contributed by atoms with van der Waals surface area (Å²) >= 11 is 0. The Kier molecular flexibility index (Phi) is 9.65. The number of hydrogen-bond acceptors (Lipinski definition) is 9. The van der Waals surface area contributed by atoms with Crippen LogP contribution < -0.4 is 10.6 Å². The van der Waals surface area contributed by atoms with Crippen molar-refractivity contribution in [3.05, 3.63) is 61.9 Å². The van der Waals surface area contributed by atoms with Gasteiger partial charge < -0.3 is 4.90 Å². The van der Waals surface area contributed by atoms with Gasteiger partial charge in [0.05, 0.1) is 0 Å². The van der Waals surface area contributed by atoms with Gasteiger partial charge in [-0.3, -0.25) is 44.4 Å². The van der Waals surface area contributed by atoms with Gasteiger partial charge in [-0.15, -0.1) is 0 Å². The number of amides is 5. The summed E-state index contributed by atoms with van der Waals surface area (Å²) in [5.41, 5.74) is 0. The van der Waals surface area contributed by atoms with E-state index < -0.39 is 80.0 Å². The molecule has 14 nitrogen and oxygen atoms in total. The van der Waals surface area contributed by atoms with Crippen molar-refractivity contribution in [3.8, 4) is 0 Å². The molecule has 1 heterocycles. The molecule has 0 aromatic rings. The predicted molar refractivity (Wildman–Crippen MR) is 128 cm³/mol. The van der Waals surface area contributed by atoms with Crippen LogP contribution in [0.25, 0.3) is 0 Å². The topological polar surface area (TPSA) is 187 Å². The van der Waals surface area contributed by atoms with Crippen molar-refractivity contribution in [2.45, 2.75) is 5.91 Å². The van der Waals surface area contributed by atoms with Gasteiger partial charge in [0.1, 0.15) is 24.8 Å². The van der Waals surface area contributed by atoms with Gasteiger partial charge in [-0.25, -0.2) is 16.8 Å². The van der Waals surface area contributed by atoms with Gasteiger partial charge in [-0.05, 0) is 18.2 Å². The molecule has 0 atom stereocenters. The maximum atomic E-state index is 12.9. The molecule has 0 bridgehead atoms. The summed E-state index contributed by atoms with van der Waals surface area (Å²) in [6.45, 7) is 14.7. The van der Waals surface area contributed by atoms with Crippen molar-refractivity contribution in [2.75, 3.05) is 24.8 Å². The van der Waals surface area contributed by atoms with E-state index in [0.717, 1.165) is 11.0 Å². The van der Waals surface area contributed by atoms with E-state index in [4.69, 9.17) is 0 Å². The minimum atomic E-state index is -4.17. The van der Waals surface area contributed by atoms with Gasteiger partial charge in [-0.2, -0.15) is 0 Å². The highest BCUT2D eigenvalue weighted by molar-refractivity contribution is 7.95. The molecule has 36 heavy (non-hydrogen) atoms.